The molecule has 1 saturated heterocycles. The van der Waals surface area contributed by atoms with E-state index < -0.39 is 9.84 Å². The van der Waals surface area contributed by atoms with E-state index in [4.69, 9.17) is 0 Å². The monoisotopic (exact) mass is 357 g/mol. The van der Waals surface area contributed by atoms with Crippen molar-refractivity contribution in [2.45, 2.75) is 38.5 Å². The second kappa shape index (κ2) is 8.59. The minimum atomic E-state index is -2.81. The molecule has 1 aromatic rings. The standard InChI is InChI=1S/C16H23NO4S2/c18-14(15-6-3-10-22-15)5-1-7-16(19)17-9-2-4-13-8-11-23(20,21)12-13/h3,6,10,13H,1-2,4-5,7-9,11-12H2,(H,17,19). The summed E-state index contributed by atoms with van der Waals surface area (Å²) in [6.45, 7) is 0.578. The first-order valence-electron chi connectivity index (χ1n) is 8.00. The molecule has 7 heteroatoms. The first-order valence-corrected chi connectivity index (χ1v) is 10.7. The van der Waals surface area contributed by atoms with E-state index in [0.29, 0.717) is 37.3 Å². The lowest BCUT2D eigenvalue weighted by Crippen LogP contribution is -2.24. The number of Topliss-reactive ketones (excluding diaryl/α,β-unsaturated/α-hetero) is 1. The molecular weight excluding hydrogens is 334 g/mol. The molecule has 1 N–H and O–H groups in total. The van der Waals surface area contributed by atoms with E-state index in [0.717, 1.165) is 24.1 Å². The molecular formula is C16H23NO4S2. The number of nitrogens with one attached hydrogen (secondary N) is 1. The van der Waals surface area contributed by atoms with E-state index in [1.807, 2.05) is 11.4 Å². The molecule has 0 aliphatic carbocycles. The molecule has 1 unspecified atom stereocenters. The van der Waals surface area contributed by atoms with Gasteiger partial charge >= 0.3 is 0 Å². The molecule has 0 spiro atoms. The lowest BCUT2D eigenvalue weighted by atomic mass is 10.0. The van der Waals surface area contributed by atoms with Gasteiger partial charge in [0.15, 0.2) is 15.6 Å². The molecule has 1 aliphatic heterocycles. The summed E-state index contributed by atoms with van der Waals surface area (Å²) in [6.07, 6.45) is 3.71. The molecule has 1 aromatic heterocycles. The van der Waals surface area contributed by atoms with Crippen LogP contribution in [0.2, 0.25) is 0 Å². The summed E-state index contributed by atoms with van der Waals surface area (Å²) < 4.78 is 22.7. The van der Waals surface area contributed by atoms with E-state index >= 15 is 0 Å². The lowest BCUT2D eigenvalue weighted by molar-refractivity contribution is -0.121. The number of rotatable bonds is 9. The van der Waals surface area contributed by atoms with Crippen LogP contribution in [0.1, 0.15) is 48.2 Å². The van der Waals surface area contributed by atoms with Crippen LogP contribution in [0.3, 0.4) is 0 Å². The summed E-state index contributed by atoms with van der Waals surface area (Å²) >= 11 is 1.43. The van der Waals surface area contributed by atoms with E-state index in [9.17, 15) is 18.0 Å². The number of carbonyl (C=O) groups excluding carboxylic acids is 2. The van der Waals surface area contributed by atoms with Gasteiger partial charge in [-0.25, -0.2) is 8.42 Å². The van der Waals surface area contributed by atoms with E-state index in [-0.39, 0.29) is 17.6 Å². The summed E-state index contributed by atoms with van der Waals surface area (Å²) in [7, 11) is -2.81. The summed E-state index contributed by atoms with van der Waals surface area (Å²) in [5, 5.41) is 4.71. The van der Waals surface area contributed by atoms with Gasteiger partial charge in [0, 0.05) is 19.4 Å². The normalized spacial score (nSPS) is 19.6. The number of hydrogen-bond donors (Lipinski definition) is 1. The van der Waals surface area contributed by atoms with Crippen molar-refractivity contribution in [2.75, 3.05) is 18.1 Å². The van der Waals surface area contributed by atoms with Crippen molar-refractivity contribution in [3.05, 3.63) is 22.4 Å². The molecule has 2 heterocycles. The van der Waals surface area contributed by atoms with Crippen molar-refractivity contribution < 1.29 is 18.0 Å². The highest BCUT2D eigenvalue weighted by molar-refractivity contribution is 7.91. The van der Waals surface area contributed by atoms with Crippen molar-refractivity contribution in [2.24, 2.45) is 5.92 Å². The molecule has 0 bridgehead atoms. The molecule has 23 heavy (non-hydrogen) atoms. The fourth-order valence-corrected chi connectivity index (χ4v) is 5.38. The average molecular weight is 357 g/mol. The number of amides is 1. The third-order valence-electron chi connectivity index (χ3n) is 4.04. The van der Waals surface area contributed by atoms with Crippen LogP contribution in [0.5, 0.6) is 0 Å². The zero-order chi connectivity index (χ0) is 16.7. The van der Waals surface area contributed by atoms with Crippen molar-refractivity contribution in [1.29, 1.82) is 0 Å². The maximum absolute atomic E-state index is 11.8. The summed E-state index contributed by atoms with van der Waals surface area (Å²) in [5.41, 5.74) is 0. The zero-order valence-electron chi connectivity index (χ0n) is 13.1. The summed E-state index contributed by atoms with van der Waals surface area (Å²) in [6, 6.07) is 3.65. The molecule has 128 valence electrons. The maximum atomic E-state index is 11.8. The van der Waals surface area contributed by atoms with Gasteiger partial charge in [0.05, 0.1) is 16.4 Å². The molecule has 0 saturated carbocycles. The quantitative estimate of drug-likeness (QED) is 0.544. The van der Waals surface area contributed by atoms with Crippen LogP contribution in [0.25, 0.3) is 0 Å². The van der Waals surface area contributed by atoms with Crippen LogP contribution in [0.4, 0.5) is 0 Å². The van der Waals surface area contributed by atoms with Crippen LogP contribution < -0.4 is 5.32 Å². The number of carbonyl (C=O) groups is 2. The SMILES string of the molecule is O=C(CCCC(=O)c1cccs1)NCCCC1CCS(=O)(=O)C1. The Hall–Kier alpha value is -1.21. The van der Waals surface area contributed by atoms with Gasteiger partial charge in [0.25, 0.3) is 0 Å². The highest BCUT2D eigenvalue weighted by atomic mass is 32.2. The molecule has 5 nitrogen and oxygen atoms in total. The van der Waals surface area contributed by atoms with Crippen LogP contribution in [0, 0.1) is 5.92 Å². The Morgan fingerprint density at radius 1 is 1.26 bits per heavy atom. The number of thiophene rings is 1. The minimum absolute atomic E-state index is 0.0389. The molecule has 1 atom stereocenters. The van der Waals surface area contributed by atoms with Gasteiger partial charge in [0.2, 0.25) is 5.91 Å². The van der Waals surface area contributed by atoms with Crippen molar-refractivity contribution in [3.8, 4) is 0 Å². The van der Waals surface area contributed by atoms with E-state index in [1.54, 1.807) is 6.07 Å². The second-order valence-corrected chi connectivity index (χ2v) is 9.19. The van der Waals surface area contributed by atoms with Crippen LogP contribution in [-0.4, -0.2) is 38.2 Å². The predicted octanol–water partition coefficient (Wildman–Crippen LogP) is 2.43. The Kier molecular flexibility index (Phi) is 6.77. The number of hydrogen-bond acceptors (Lipinski definition) is 5. The van der Waals surface area contributed by atoms with E-state index in [2.05, 4.69) is 5.32 Å². The Labute approximate surface area is 141 Å². The van der Waals surface area contributed by atoms with E-state index in [1.165, 1.54) is 11.3 Å². The van der Waals surface area contributed by atoms with Gasteiger partial charge in [-0.2, -0.15) is 0 Å². The molecule has 1 amide bonds. The molecule has 2 rings (SSSR count). The third-order valence-corrected chi connectivity index (χ3v) is 6.79. The Balaban J connectivity index is 1.51. The van der Waals surface area contributed by atoms with Crippen molar-refractivity contribution >= 4 is 32.9 Å². The molecule has 1 aliphatic rings. The predicted molar refractivity (Wildman–Crippen MR) is 91.5 cm³/mol. The third kappa shape index (κ3) is 6.43. The van der Waals surface area contributed by atoms with Gasteiger partial charge in [-0.15, -0.1) is 11.3 Å². The summed E-state index contributed by atoms with van der Waals surface area (Å²) in [5.74, 6) is 0.909. The van der Waals surface area contributed by atoms with Gasteiger partial charge < -0.3 is 5.32 Å². The van der Waals surface area contributed by atoms with Gasteiger partial charge in [0.1, 0.15) is 0 Å². The Morgan fingerprint density at radius 2 is 2.09 bits per heavy atom. The zero-order valence-corrected chi connectivity index (χ0v) is 14.8. The average Bonchev–Trinajstić information content (AvgIpc) is 3.13. The Morgan fingerprint density at radius 3 is 2.74 bits per heavy atom. The fourth-order valence-electron chi connectivity index (χ4n) is 2.78. The number of sulfone groups is 1. The van der Waals surface area contributed by atoms with Crippen LogP contribution in [-0.2, 0) is 14.6 Å². The first-order chi connectivity index (χ1) is 11.0. The highest BCUT2D eigenvalue weighted by Gasteiger charge is 2.27. The Bertz CT molecular complexity index is 623. The maximum Gasteiger partial charge on any atom is 0.220 e. The second-order valence-electron chi connectivity index (χ2n) is 6.02. The minimum Gasteiger partial charge on any atom is -0.356 e. The fraction of sp³-hybridized carbons (Fsp3) is 0.625. The van der Waals surface area contributed by atoms with Gasteiger partial charge in [-0.05, 0) is 43.0 Å². The van der Waals surface area contributed by atoms with Crippen LogP contribution >= 0.6 is 11.3 Å². The lowest BCUT2D eigenvalue weighted by Gasteiger charge is -2.08. The topological polar surface area (TPSA) is 80.3 Å². The smallest absolute Gasteiger partial charge is 0.220 e. The highest BCUT2D eigenvalue weighted by Crippen LogP contribution is 2.22. The summed E-state index contributed by atoms with van der Waals surface area (Å²) in [4.78, 5) is 24.2. The van der Waals surface area contributed by atoms with Crippen molar-refractivity contribution in [3.63, 3.8) is 0 Å². The van der Waals surface area contributed by atoms with Gasteiger partial charge in [-0.1, -0.05) is 6.07 Å². The number of ketones is 1. The molecule has 1 fully saturated rings. The first kappa shape index (κ1) is 18.1. The molecule has 0 radical (unpaired) electrons. The van der Waals surface area contributed by atoms with Crippen molar-refractivity contribution in [1.82, 2.24) is 5.32 Å². The van der Waals surface area contributed by atoms with Crippen LogP contribution in [0.15, 0.2) is 17.5 Å². The van der Waals surface area contributed by atoms with Gasteiger partial charge in [-0.3, -0.25) is 9.59 Å². The molecule has 0 aromatic carbocycles. The largest absolute Gasteiger partial charge is 0.356 e.